The molecule has 0 spiro atoms. The van der Waals surface area contributed by atoms with Gasteiger partial charge in [-0.15, -0.1) is 0 Å². The highest BCUT2D eigenvalue weighted by atomic mass is 35.5. The molecule has 3 nitrogen and oxygen atoms in total. The normalized spacial score (nSPS) is 11.1. The fourth-order valence-corrected chi connectivity index (χ4v) is 2.48. The monoisotopic (exact) mass is 271 g/mol. The van der Waals surface area contributed by atoms with Crippen molar-refractivity contribution in [1.29, 1.82) is 0 Å². The van der Waals surface area contributed by atoms with Gasteiger partial charge in [-0.3, -0.25) is 4.40 Å². The Kier molecular flexibility index (Phi) is 3.01. The first-order valence-electron chi connectivity index (χ1n) is 6.13. The molecule has 19 heavy (non-hydrogen) atoms. The van der Waals surface area contributed by atoms with Gasteiger partial charge < -0.3 is 5.73 Å². The van der Waals surface area contributed by atoms with Crippen LogP contribution in [-0.2, 0) is 6.54 Å². The topological polar surface area (TPSA) is 43.3 Å². The summed E-state index contributed by atoms with van der Waals surface area (Å²) in [5.74, 6) is 0. The van der Waals surface area contributed by atoms with Gasteiger partial charge in [0.25, 0.3) is 0 Å². The van der Waals surface area contributed by atoms with Crippen LogP contribution in [0.25, 0.3) is 16.9 Å². The van der Waals surface area contributed by atoms with E-state index in [2.05, 4.69) is 22.4 Å². The summed E-state index contributed by atoms with van der Waals surface area (Å²) < 4.78 is 2.10. The molecule has 0 unspecified atom stereocenters. The number of imidazole rings is 1. The Balaban J connectivity index is 2.29. The second-order valence-electron chi connectivity index (χ2n) is 4.48. The van der Waals surface area contributed by atoms with Crippen LogP contribution in [0.2, 0.25) is 5.02 Å². The van der Waals surface area contributed by atoms with Crippen molar-refractivity contribution in [3.63, 3.8) is 0 Å². The van der Waals surface area contributed by atoms with E-state index in [1.165, 1.54) is 0 Å². The van der Waals surface area contributed by atoms with Gasteiger partial charge in [0.2, 0.25) is 0 Å². The number of nitrogens with two attached hydrogens (primary N) is 1. The Bertz CT molecular complexity index is 729. The average Bonchev–Trinajstić information content (AvgIpc) is 2.79. The third-order valence-electron chi connectivity index (χ3n) is 3.25. The fraction of sp³-hybridized carbons (Fsp3) is 0.133. The van der Waals surface area contributed by atoms with Gasteiger partial charge in [0.05, 0.1) is 11.4 Å². The molecule has 0 aliphatic carbocycles. The summed E-state index contributed by atoms with van der Waals surface area (Å²) in [6.45, 7) is 2.50. The van der Waals surface area contributed by atoms with Gasteiger partial charge in [-0.1, -0.05) is 29.8 Å². The number of hydrogen-bond donors (Lipinski definition) is 1. The number of benzene rings is 1. The zero-order valence-electron chi connectivity index (χ0n) is 10.6. The van der Waals surface area contributed by atoms with Crippen molar-refractivity contribution in [2.24, 2.45) is 5.73 Å². The van der Waals surface area contributed by atoms with E-state index in [4.69, 9.17) is 17.3 Å². The summed E-state index contributed by atoms with van der Waals surface area (Å²) in [6.07, 6.45) is 0. The molecule has 0 bridgehead atoms. The molecular weight excluding hydrogens is 258 g/mol. The number of aryl methyl sites for hydroxylation is 1. The van der Waals surface area contributed by atoms with Crippen molar-refractivity contribution in [3.8, 4) is 11.3 Å². The second kappa shape index (κ2) is 4.68. The highest BCUT2D eigenvalue weighted by molar-refractivity contribution is 6.30. The van der Waals surface area contributed by atoms with Crippen LogP contribution < -0.4 is 5.73 Å². The molecule has 0 radical (unpaired) electrons. The van der Waals surface area contributed by atoms with Crippen molar-refractivity contribution in [1.82, 2.24) is 9.38 Å². The molecule has 3 rings (SSSR count). The molecule has 1 aromatic carbocycles. The largest absolute Gasteiger partial charge is 0.325 e. The Morgan fingerprint density at radius 3 is 2.58 bits per heavy atom. The van der Waals surface area contributed by atoms with Crippen LogP contribution in [-0.4, -0.2) is 9.38 Å². The van der Waals surface area contributed by atoms with E-state index >= 15 is 0 Å². The zero-order valence-corrected chi connectivity index (χ0v) is 11.4. The van der Waals surface area contributed by atoms with Crippen LogP contribution in [0.1, 0.15) is 11.4 Å². The lowest BCUT2D eigenvalue weighted by atomic mass is 10.1. The average molecular weight is 272 g/mol. The second-order valence-corrected chi connectivity index (χ2v) is 4.92. The number of fused-ring (bicyclic) bond motifs is 1. The molecule has 0 atom stereocenters. The van der Waals surface area contributed by atoms with Crippen molar-refractivity contribution in [3.05, 3.63) is 58.9 Å². The van der Waals surface area contributed by atoms with Crippen LogP contribution in [0.4, 0.5) is 0 Å². The summed E-state index contributed by atoms with van der Waals surface area (Å²) in [5, 5.41) is 0.720. The summed E-state index contributed by atoms with van der Waals surface area (Å²) in [6, 6.07) is 13.7. The number of rotatable bonds is 2. The van der Waals surface area contributed by atoms with Crippen molar-refractivity contribution >= 4 is 17.2 Å². The molecule has 0 amide bonds. The summed E-state index contributed by atoms with van der Waals surface area (Å²) >= 11 is 5.93. The summed E-state index contributed by atoms with van der Waals surface area (Å²) in [5.41, 5.74) is 10.9. The Morgan fingerprint density at radius 2 is 1.89 bits per heavy atom. The first-order chi connectivity index (χ1) is 9.20. The van der Waals surface area contributed by atoms with Crippen LogP contribution in [0, 0.1) is 6.92 Å². The molecule has 0 saturated heterocycles. The van der Waals surface area contributed by atoms with Gasteiger partial charge in [0.15, 0.2) is 0 Å². The number of halogens is 1. The van der Waals surface area contributed by atoms with Gasteiger partial charge in [0, 0.05) is 22.8 Å². The summed E-state index contributed by atoms with van der Waals surface area (Å²) in [7, 11) is 0. The standard InChI is InChI=1S/C15H14ClN3/c1-10-3-2-4-14-18-15(13(9-17)19(10)14)11-5-7-12(16)8-6-11/h2-8H,9,17H2,1H3. The van der Waals surface area contributed by atoms with E-state index in [1.807, 2.05) is 36.4 Å². The number of hydrogen-bond acceptors (Lipinski definition) is 2. The maximum atomic E-state index is 5.93. The first kappa shape index (κ1) is 12.2. The van der Waals surface area contributed by atoms with Crippen molar-refractivity contribution in [2.75, 3.05) is 0 Å². The van der Waals surface area contributed by atoms with Gasteiger partial charge in [-0.05, 0) is 31.2 Å². The van der Waals surface area contributed by atoms with E-state index in [0.29, 0.717) is 6.54 Å². The lowest BCUT2D eigenvalue weighted by Crippen LogP contribution is -2.04. The lowest BCUT2D eigenvalue weighted by molar-refractivity contribution is 0.935. The third kappa shape index (κ3) is 2.01. The van der Waals surface area contributed by atoms with Crippen LogP contribution >= 0.6 is 11.6 Å². The van der Waals surface area contributed by atoms with E-state index in [1.54, 1.807) is 0 Å². The van der Waals surface area contributed by atoms with Gasteiger partial charge in [-0.25, -0.2) is 4.98 Å². The highest BCUT2D eigenvalue weighted by Gasteiger charge is 2.13. The van der Waals surface area contributed by atoms with Gasteiger partial charge in [0.1, 0.15) is 5.65 Å². The molecule has 3 aromatic rings. The van der Waals surface area contributed by atoms with E-state index in [-0.39, 0.29) is 0 Å². The molecule has 2 aromatic heterocycles. The highest BCUT2D eigenvalue weighted by Crippen LogP contribution is 2.26. The SMILES string of the molecule is Cc1cccc2nc(-c3ccc(Cl)cc3)c(CN)n12. The quantitative estimate of drug-likeness (QED) is 0.776. The van der Waals surface area contributed by atoms with E-state index in [0.717, 1.165) is 33.3 Å². The van der Waals surface area contributed by atoms with Crippen LogP contribution in [0.15, 0.2) is 42.5 Å². The number of pyridine rings is 1. The maximum Gasteiger partial charge on any atom is 0.137 e. The minimum Gasteiger partial charge on any atom is -0.325 e. The number of aromatic nitrogens is 2. The molecule has 0 saturated carbocycles. The molecule has 0 aliphatic heterocycles. The minimum absolute atomic E-state index is 0.448. The zero-order chi connectivity index (χ0) is 13.4. The van der Waals surface area contributed by atoms with Crippen LogP contribution in [0.5, 0.6) is 0 Å². The summed E-state index contributed by atoms with van der Waals surface area (Å²) in [4.78, 5) is 4.68. The molecule has 96 valence electrons. The first-order valence-corrected chi connectivity index (χ1v) is 6.51. The predicted octanol–water partition coefficient (Wildman–Crippen LogP) is 3.42. The Hall–Kier alpha value is -1.84. The van der Waals surface area contributed by atoms with Gasteiger partial charge in [-0.2, -0.15) is 0 Å². The minimum atomic E-state index is 0.448. The molecular formula is C15H14ClN3. The molecule has 0 aliphatic rings. The molecule has 4 heteroatoms. The van der Waals surface area contributed by atoms with Crippen molar-refractivity contribution in [2.45, 2.75) is 13.5 Å². The third-order valence-corrected chi connectivity index (χ3v) is 3.50. The molecule has 2 N–H and O–H groups in total. The van der Waals surface area contributed by atoms with E-state index < -0.39 is 0 Å². The fourth-order valence-electron chi connectivity index (χ4n) is 2.35. The molecule has 2 heterocycles. The Morgan fingerprint density at radius 1 is 1.16 bits per heavy atom. The lowest BCUT2D eigenvalue weighted by Gasteiger charge is -2.05. The molecule has 0 fully saturated rings. The number of nitrogens with zero attached hydrogens (tertiary/aromatic N) is 2. The van der Waals surface area contributed by atoms with Crippen LogP contribution in [0.3, 0.4) is 0 Å². The van der Waals surface area contributed by atoms with Gasteiger partial charge >= 0.3 is 0 Å². The van der Waals surface area contributed by atoms with E-state index in [9.17, 15) is 0 Å². The maximum absolute atomic E-state index is 5.93. The van der Waals surface area contributed by atoms with Crippen molar-refractivity contribution < 1.29 is 0 Å². The Labute approximate surface area is 116 Å². The predicted molar refractivity (Wildman–Crippen MR) is 78.3 cm³/mol. The smallest absolute Gasteiger partial charge is 0.137 e.